The molecule has 0 aromatic carbocycles. The fraction of sp³-hybridized carbons (Fsp3) is 0.714. The maximum absolute atomic E-state index is 11.1. The quantitative estimate of drug-likeness (QED) is 0.409. The number of methoxy groups -OCH3 is 1. The van der Waals surface area contributed by atoms with Gasteiger partial charge >= 0.3 is 5.97 Å². The second kappa shape index (κ2) is 4.84. The first-order valence-electron chi connectivity index (χ1n) is 3.52. The summed E-state index contributed by atoms with van der Waals surface area (Å²) in [5, 5.41) is 8.51. The minimum absolute atomic E-state index is 0.458. The standard InChI is InChI=1S/C7H13NO4/c1-4(7(11)12-2)6(10)5(8)3-9/h4-5,9H,3,8H2,1-2H3/t4-,5-/m1/s1. The topological polar surface area (TPSA) is 89.6 Å². The number of Topliss-reactive ketones (excluding diaryl/α,β-unsaturated/α-hetero) is 1. The van der Waals surface area contributed by atoms with Gasteiger partial charge in [0.15, 0.2) is 5.78 Å². The molecule has 0 radical (unpaired) electrons. The summed E-state index contributed by atoms with van der Waals surface area (Å²) in [7, 11) is 1.19. The van der Waals surface area contributed by atoms with Gasteiger partial charge in [-0.15, -0.1) is 0 Å². The summed E-state index contributed by atoms with van der Waals surface area (Å²) in [6.07, 6.45) is 0. The number of ether oxygens (including phenoxy) is 1. The highest BCUT2D eigenvalue weighted by Gasteiger charge is 2.26. The first-order chi connectivity index (χ1) is 5.54. The van der Waals surface area contributed by atoms with Crippen molar-refractivity contribution in [1.82, 2.24) is 0 Å². The van der Waals surface area contributed by atoms with Crippen LogP contribution >= 0.6 is 0 Å². The number of carbonyl (C=O) groups excluding carboxylic acids is 2. The Balaban J connectivity index is 4.19. The van der Waals surface area contributed by atoms with Crippen molar-refractivity contribution in [2.24, 2.45) is 11.7 Å². The van der Waals surface area contributed by atoms with Crippen LogP contribution in [0.4, 0.5) is 0 Å². The lowest BCUT2D eigenvalue weighted by Gasteiger charge is -2.11. The van der Waals surface area contributed by atoms with E-state index in [4.69, 9.17) is 10.8 Å². The van der Waals surface area contributed by atoms with E-state index in [2.05, 4.69) is 4.74 Å². The molecule has 0 aliphatic rings. The Morgan fingerprint density at radius 2 is 2.08 bits per heavy atom. The molecule has 0 saturated carbocycles. The van der Waals surface area contributed by atoms with Crippen LogP contribution in [0.3, 0.4) is 0 Å². The minimum Gasteiger partial charge on any atom is -0.468 e. The number of esters is 1. The molecule has 0 aromatic heterocycles. The van der Waals surface area contributed by atoms with Gasteiger partial charge in [-0.25, -0.2) is 0 Å². The van der Waals surface area contributed by atoms with E-state index in [1.54, 1.807) is 0 Å². The van der Waals surface area contributed by atoms with Gasteiger partial charge in [-0.1, -0.05) is 0 Å². The first kappa shape index (κ1) is 11.1. The lowest BCUT2D eigenvalue weighted by atomic mass is 10.0. The predicted molar refractivity (Wildman–Crippen MR) is 41.2 cm³/mol. The molecule has 0 aliphatic heterocycles. The summed E-state index contributed by atoms with van der Waals surface area (Å²) in [5.41, 5.74) is 5.20. The van der Waals surface area contributed by atoms with Crippen molar-refractivity contribution in [1.29, 1.82) is 0 Å². The van der Waals surface area contributed by atoms with E-state index in [0.717, 1.165) is 0 Å². The van der Waals surface area contributed by atoms with Crippen molar-refractivity contribution in [3.8, 4) is 0 Å². The lowest BCUT2D eigenvalue weighted by molar-refractivity contribution is -0.149. The van der Waals surface area contributed by atoms with E-state index < -0.39 is 30.3 Å². The fourth-order valence-corrected chi connectivity index (χ4v) is 0.704. The van der Waals surface area contributed by atoms with Gasteiger partial charge in [0.05, 0.1) is 19.8 Å². The van der Waals surface area contributed by atoms with Gasteiger partial charge in [0.25, 0.3) is 0 Å². The Morgan fingerprint density at radius 1 is 1.58 bits per heavy atom. The average molecular weight is 175 g/mol. The van der Waals surface area contributed by atoms with Crippen LogP contribution < -0.4 is 5.73 Å². The molecule has 2 atom stereocenters. The lowest BCUT2D eigenvalue weighted by Crippen LogP contribution is -2.40. The molecule has 70 valence electrons. The minimum atomic E-state index is -1.00. The SMILES string of the molecule is COC(=O)[C@H](C)C(=O)[C@H](N)CO. The molecule has 0 aromatic rings. The summed E-state index contributed by atoms with van der Waals surface area (Å²) in [6, 6.07) is -1.00. The van der Waals surface area contributed by atoms with Gasteiger partial charge in [0.1, 0.15) is 5.92 Å². The highest BCUT2D eigenvalue weighted by atomic mass is 16.5. The Labute approximate surface area is 70.5 Å². The third-order valence-electron chi connectivity index (χ3n) is 1.54. The largest absolute Gasteiger partial charge is 0.468 e. The van der Waals surface area contributed by atoms with Gasteiger partial charge in [0.2, 0.25) is 0 Å². The van der Waals surface area contributed by atoms with E-state index >= 15 is 0 Å². The highest BCUT2D eigenvalue weighted by molar-refractivity contribution is 6.01. The summed E-state index contributed by atoms with van der Waals surface area (Å²) in [6.45, 7) is 0.934. The zero-order valence-corrected chi connectivity index (χ0v) is 7.11. The van der Waals surface area contributed by atoms with Crippen molar-refractivity contribution in [2.75, 3.05) is 13.7 Å². The Morgan fingerprint density at radius 3 is 2.42 bits per heavy atom. The van der Waals surface area contributed by atoms with Crippen LogP contribution in [0, 0.1) is 5.92 Å². The van der Waals surface area contributed by atoms with Crippen LogP contribution in [0.25, 0.3) is 0 Å². The summed E-state index contributed by atoms with van der Waals surface area (Å²) < 4.78 is 4.33. The van der Waals surface area contributed by atoms with E-state index in [9.17, 15) is 9.59 Å². The normalized spacial score (nSPS) is 15.0. The average Bonchev–Trinajstić information content (AvgIpc) is 2.12. The molecule has 0 spiro atoms. The zero-order valence-electron chi connectivity index (χ0n) is 7.11. The molecule has 5 nitrogen and oxygen atoms in total. The van der Waals surface area contributed by atoms with Crippen LogP contribution in [0.15, 0.2) is 0 Å². The van der Waals surface area contributed by atoms with E-state index in [-0.39, 0.29) is 0 Å². The van der Waals surface area contributed by atoms with E-state index in [1.807, 2.05) is 0 Å². The van der Waals surface area contributed by atoms with E-state index in [1.165, 1.54) is 14.0 Å². The molecule has 0 fully saturated rings. The third kappa shape index (κ3) is 2.60. The van der Waals surface area contributed by atoms with Crippen LogP contribution in [0.5, 0.6) is 0 Å². The molecule has 0 rings (SSSR count). The van der Waals surface area contributed by atoms with Crippen molar-refractivity contribution in [3.63, 3.8) is 0 Å². The van der Waals surface area contributed by atoms with Crippen molar-refractivity contribution in [3.05, 3.63) is 0 Å². The Bertz CT molecular complexity index is 180. The molecular weight excluding hydrogens is 162 g/mol. The number of hydrogen-bond donors (Lipinski definition) is 2. The molecule has 0 saturated heterocycles. The first-order valence-corrected chi connectivity index (χ1v) is 3.52. The number of hydrogen-bond acceptors (Lipinski definition) is 5. The van der Waals surface area contributed by atoms with Crippen molar-refractivity contribution in [2.45, 2.75) is 13.0 Å². The van der Waals surface area contributed by atoms with Gasteiger partial charge in [-0.05, 0) is 6.92 Å². The number of rotatable bonds is 4. The number of aliphatic hydroxyl groups excluding tert-OH is 1. The smallest absolute Gasteiger partial charge is 0.315 e. The van der Waals surface area contributed by atoms with Gasteiger partial charge in [0, 0.05) is 0 Å². The molecule has 5 heteroatoms. The Kier molecular flexibility index (Phi) is 4.46. The van der Waals surface area contributed by atoms with Crippen LogP contribution in [0.2, 0.25) is 0 Å². The highest BCUT2D eigenvalue weighted by Crippen LogP contribution is 2.01. The molecule has 12 heavy (non-hydrogen) atoms. The predicted octanol–water partition coefficient (Wildman–Crippen LogP) is -1.32. The summed E-state index contributed by atoms with van der Waals surface area (Å²) >= 11 is 0. The maximum Gasteiger partial charge on any atom is 0.315 e. The molecule has 0 amide bonds. The molecule has 0 heterocycles. The molecule has 0 aliphatic carbocycles. The molecule has 0 unspecified atom stereocenters. The van der Waals surface area contributed by atoms with Crippen molar-refractivity contribution < 1.29 is 19.4 Å². The van der Waals surface area contributed by atoms with Gasteiger partial charge < -0.3 is 15.6 Å². The summed E-state index contributed by atoms with van der Waals surface area (Å²) in [4.78, 5) is 21.9. The number of nitrogens with two attached hydrogens (primary N) is 1. The second-order valence-corrected chi connectivity index (χ2v) is 2.44. The number of carbonyl (C=O) groups is 2. The van der Waals surface area contributed by atoms with Gasteiger partial charge in [-0.3, -0.25) is 9.59 Å². The fourth-order valence-electron chi connectivity index (χ4n) is 0.704. The maximum atomic E-state index is 11.1. The van der Waals surface area contributed by atoms with Gasteiger partial charge in [-0.2, -0.15) is 0 Å². The second-order valence-electron chi connectivity index (χ2n) is 2.44. The monoisotopic (exact) mass is 175 g/mol. The zero-order chi connectivity index (χ0) is 9.72. The molecule has 0 bridgehead atoms. The van der Waals surface area contributed by atoms with Crippen LogP contribution in [0.1, 0.15) is 6.92 Å². The van der Waals surface area contributed by atoms with Crippen molar-refractivity contribution >= 4 is 11.8 Å². The van der Waals surface area contributed by atoms with E-state index in [0.29, 0.717) is 0 Å². The third-order valence-corrected chi connectivity index (χ3v) is 1.54. The number of ketones is 1. The molecular formula is C7H13NO4. The Hall–Kier alpha value is -0.940. The summed E-state index contributed by atoms with van der Waals surface area (Å²) in [5.74, 6) is -2.05. The van der Waals surface area contributed by atoms with Crippen LogP contribution in [-0.2, 0) is 14.3 Å². The number of aliphatic hydroxyl groups is 1. The van der Waals surface area contributed by atoms with Crippen LogP contribution in [-0.4, -0.2) is 36.6 Å². The molecule has 3 N–H and O–H groups in total.